The molecule has 6 aromatic heterocycles. The number of unbranched alkanes of at least 4 members (excludes halogenated alkanes) is 1. The first-order valence-electron chi connectivity index (χ1n) is 22.6. The average molecular weight is 1420 g/mol. The Hall–Kier alpha value is -2.86. The number of imidazole rings is 3. The van der Waals surface area contributed by atoms with E-state index in [9.17, 15) is 13.2 Å². The van der Waals surface area contributed by atoms with E-state index in [0.717, 1.165) is 67.0 Å². The van der Waals surface area contributed by atoms with Crippen molar-refractivity contribution in [2.24, 2.45) is 5.73 Å². The number of nitrogen functional groups attached to an aromatic ring is 3. The van der Waals surface area contributed by atoms with Crippen molar-refractivity contribution in [2.45, 2.75) is 90.0 Å². The van der Waals surface area contributed by atoms with Gasteiger partial charge in [0.1, 0.15) is 16.6 Å². The number of aromatic nitrogens is 9. The van der Waals surface area contributed by atoms with Gasteiger partial charge in [-0.15, -0.1) is 0 Å². The molecule has 0 unspecified atom stereocenters. The third-order valence-electron chi connectivity index (χ3n) is 10.2. The monoisotopic (exact) mass is 1410 g/mol. The smallest absolute Gasteiger partial charge is 0.382 e. The molecule has 3 aromatic carbocycles. The number of aldehydes is 1. The first-order valence-corrected chi connectivity index (χ1v) is 26.2. The van der Waals surface area contributed by atoms with Gasteiger partial charge in [-0.25, -0.2) is 29.9 Å². The number of hydrogen-bond donors (Lipinski definition) is 6. The fourth-order valence-corrected chi connectivity index (χ4v) is 9.93. The molecule has 0 aliphatic heterocycles. The third-order valence-corrected chi connectivity index (χ3v) is 14.1. The fourth-order valence-electron chi connectivity index (χ4n) is 6.47. The molecule has 0 amide bonds. The number of H-pyrrole nitrogens is 1. The Balaban J connectivity index is 0. The SMILES string of the molecule is CCCCBr.CNCCn1c(Sc2ccccc2C)nc2c(N)nccc21.Cc1ccccc1Sc1nc2c(N)nccc2[nH]1.Cc1ccccc1Sc1nc2c(N)nccc2n1CCN.O=CC(F)(F)F.[CH3-].[CH3-].[CH3-].[Y].[Y].[Y]. The summed E-state index contributed by atoms with van der Waals surface area (Å²) in [6.45, 7) is 11.4. The summed E-state index contributed by atoms with van der Waals surface area (Å²) in [7, 11) is 1.95. The number of carbonyl (C=O) groups excluding carboxylic acids is 1. The van der Waals surface area contributed by atoms with Crippen LogP contribution < -0.4 is 28.3 Å². The molecule has 10 N–H and O–H groups in total. The predicted molar refractivity (Wildman–Crippen MR) is 311 cm³/mol. The second-order valence-corrected chi connectivity index (χ2v) is 19.4. The number of hydrogen-bond acceptors (Lipinski definition) is 15. The van der Waals surface area contributed by atoms with Crippen LogP contribution in [0.5, 0.6) is 0 Å². The molecular formula is C53H67BrF3N14OS3Y3-3. The van der Waals surface area contributed by atoms with E-state index < -0.39 is 12.5 Å². The summed E-state index contributed by atoms with van der Waals surface area (Å²) in [5, 5.41) is 7.01. The normalized spacial score (nSPS) is 10.1. The van der Waals surface area contributed by atoms with Gasteiger partial charge < -0.3 is 64.6 Å². The van der Waals surface area contributed by atoms with Crippen molar-refractivity contribution in [3.63, 3.8) is 0 Å². The number of nitrogens with two attached hydrogens (primary N) is 4. The van der Waals surface area contributed by atoms with E-state index in [2.05, 4.69) is 124 Å². The molecule has 6 heterocycles. The Morgan fingerprint density at radius 3 is 1.40 bits per heavy atom. The quantitative estimate of drug-likeness (QED) is 0.0358. The van der Waals surface area contributed by atoms with E-state index in [1.54, 1.807) is 53.9 Å². The zero-order valence-corrected chi connectivity index (χ0v) is 57.7. The minimum atomic E-state index is -4.64. The van der Waals surface area contributed by atoms with Crippen LogP contribution in [0.25, 0.3) is 33.1 Å². The van der Waals surface area contributed by atoms with Gasteiger partial charge in [-0.05, 0) is 87.3 Å². The Morgan fingerprint density at radius 2 is 1.04 bits per heavy atom. The van der Waals surface area contributed by atoms with Crippen LogP contribution in [0.1, 0.15) is 36.5 Å². The number of aryl methyl sites for hydroxylation is 3. The molecule has 9 rings (SSSR count). The van der Waals surface area contributed by atoms with E-state index in [1.807, 2.05) is 61.6 Å². The van der Waals surface area contributed by atoms with Gasteiger partial charge in [0.25, 0.3) is 0 Å². The largest absolute Gasteiger partial charge is 0.446 e. The van der Waals surface area contributed by atoms with Gasteiger partial charge in [-0.2, -0.15) is 13.2 Å². The van der Waals surface area contributed by atoms with Gasteiger partial charge in [0, 0.05) is 163 Å². The summed E-state index contributed by atoms with van der Waals surface area (Å²) in [5.74, 6) is 1.39. The van der Waals surface area contributed by atoms with Crippen molar-refractivity contribution in [3.05, 3.63) is 149 Å². The number of alkyl halides is 4. The summed E-state index contributed by atoms with van der Waals surface area (Å²) in [6, 6.07) is 30.5. The fraction of sp³-hybridized carbons (Fsp3) is 0.245. The van der Waals surface area contributed by atoms with Crippen molar-refractivity contribution in [3.8, 4) is 0 Å². The number of benzene rings is 3. The van der Waals surface area contributed by atoms with E-state index >= 15 is 0 Å². The maximum atomic E-state index is 10.4. The molecule has 413 valence electrons. The van der Waals surface area contributed by atoms with Gasteiger partial charge >= 0.3 is 6.18 Å². The van der Waals surface area contributed by atoms with Crippen LogP contribution in [0.4, 0.5) is 30.6 Å². The molecule has 0 spiro atoms. The number of pyridine rings is 3. The van der Waals surface area contributed by atoms with E-state index in [1.165, 1.54) is 44.2 Å². The van der Waals surface area contributed by atoms with Crippen LogP contribution in [0, 0.1) is 43.1 Å². The molecule has 78 heavy (non-hydrogen) atoms. The number of fused-ring (bicyclic) bond motifs is 3. The number of nitrogens with one attached hydrogen (secondary N) is 2. The average Bonchev–Trinajstić information content (AvgIpc) is 4.06. The maximum Gasteiger partial charge on any atom is 0.446 e. The second-order valence-electron chi connectivity index (χ2n) is 15.6. The van der Waals surface area contributed by atoms with Gasteiger partial charge in [-0.3, -0.25) is 4.79 Å². The standard InChI is InChI=1S/C16H19N5S.C15H17N5S.C13H12N4S.C4H9Br.C2HF3O.3CH3.3Y/c1-11-5-3-4-6-13(11)22-16-20-14-12(7-8-19-15(14)17)21(16)10-9-18-2;1-10-4-2-3-5-12(10)21-15-19-13-11(20(15)9-7-16)6-8-18-14(13)17;1-8-4-2-3-5-10(8)18-13-16-9-6-7-15-12(14)11(9)17-13;1-2-3-4-5;3-2(4,5)1-6;;;;;;/h3-8,18H,9-10H2,1-2H3,(H2,17,19);2-6,8H,7,9,16H2,1H3,(H2,17,18);2-7H,1H3,(H2,14,15)(H,16,17);2-4H2,1H3;1H;3*1H3;;;/q;;;;;3*-1;;;. The predicted octanol–water partition coefficient (Wildman–Crippen LogP) is 12.4. The number of nitrogens with zero attached hydrogens (tertiary/aromatic N) is 8. The van der Waals surface area contributed by atoms with Crippen LogP contribution >= 0.6 is 51.2 Å². The first-order chi connectivity index (χ1) is 34.6. The van der Waals surface area contributed by atoms with Crippen LogP contribution in [0.3, 0.4) is 0 Å². The molecule has 15 nitrogen and oxygen atoms in total. The van der Waals surface area contributed by atoms with Crippen molar-refractivity contribution < 1.29 is 116 Å². The Labute approximate surface area is 553 Å². The van der Waals surface area contributed by atoms with Crippen LogP contribution in [0.2, 0.25) is 0 Å². The molecule has 0 fully saturated rings. The van der Waals surface area contributed by atoms with E-state index in [-0.39, 0.29) is 120 Å². The number of carbonyl (C=O) groups is 1. The summed E-state index contributed by atoms with van der Waals surface area (Å²) >= 11 is 8.20. The molecule has 0 atom stereocenters. The van der Waals surface area contributed by atoms with Gasteiger partial charge in [0.05, 0.1) is 16.6 Å². The van der Waals surface area contributed by atoms with Gasteiger partial charge in [0.2, 0.25) is 6.29 Å². The third kappa shape index (κ3) is 23.2. The topological polar surface area (TPSA) is 236 Å². The summed E-state index contributed by atoms with van der Waals surface area (Å²) in [4.78, 5) is 41.6. The molecule has 0 saturated heterocycles. The maximum absolute atomic E-state index is 10.4. The minimum Gasteiger partial charge on any atom is -0.382 e. The number of rotatable bonds is 13. The molecule has 25 heteroatoms. The van der Waals surface area contributed by atoms with Crippen molar-refractivity contribution >= 4 is 108 Å². The number of anilines is 3. The number of aromatic amines is 1. The molecule has 0 bridgehead atoms. The Bertz CT molecular complexity index is 3160. The Morgan fingerprint density at radius 1 is 0.641 bits per heavy atom. The van der Waals surface area contributed by atoms with Crippen molar-refractivity contribution in [2.75, 3.05) is 42.7 Å². The molecule has 3 radical (unpaired) electrons. The van der Waals surface area contributed by atoms with E-state index in [4.69, 9.17) is 32.7 Å². The molecule has 0 saturated carbocycles. The van der Waals surface area contributed by atoms with Crippen molar-refractivity contribution in [1.29, 1.82) is 0 Å². The van der Waals surface area contributed by atoms with E-state index in [0.29, 0.717) is 30.5 Å². The van der Waals surface area contributed by atoms with Crippen LogP contribution in [-0.4, -0.2) is 82.0 Å². The van der Waals surface area contributed by atoms with Crippen LogP contribution in [0.15, 0.2) is 140 Å². The number of likely N-dealkylation sites (N-methyl/N-ethyl adjacent to an activating group) is 1. The zero-order valence-electron chi connectivity index (χ0n) is 45.2. The Kier molecular flexibility index (Phi) is 39.2. The van der Waals surface area contributed by atoms with Gasteiger partial charge in [0.15, 0.2) is 32.9 Å². The molecular weight excluding hydrogens is 1350 g/mol. The van der Waals surface area contributed by atoms with Crippen molar-refractivity contribution in [1.82, 2.24) is 49.3 Å². The first kappa shape index (κ1) is 77.2. The number of halogens is 4. The van der Waals surface area contributed by atoms with Crippen LogP contribution in [-0.2, 0) is 116 Å². The molecule has 0 aliphatic rings. The molecule has 0 aliphatic carbocycles. The van der Waals surface area contributed by atoms with Gasteiger partial charge in [-0.1, -0.05) is 119 Å². The summed E-state index contributed by atoms with van der Waals surface area (Å²) < 4.78 is 35.5. The summed E-state index contributed by atoms with van der Waals surface area (Å²) in [5.41, 5.74) is 32.3. The zero-order chi connectivity index (χ0) is 52.2. The second kappa shape index (κ2) is 39.6. The summed E-state index contributed by atoms with van der Waals surface area (Å²) in [6.07, 6.45) is 2.02. The minimum absolute atomic E-state index is 0. The molecule has 9 aromatic rings.